The first-order valence-corrected chi connectivity index (χ1v) is 11.4. The van der Waals surface area contributed by atoms with Gasteiger partial charge in [-0.05, 0) is 66.8 Å². The minimum Gasteiger partial charge on any atom is -0.497 e. The molecule has 1 aromatic heterocycles. The van der Waals surface area contributed by atoms with Crippen LogP contribution in [0.3, 0.4) is 0 Å². The average molecular weight is 451 g/mol. The quantitative estimate of drug-likeness (QED) is 0.490. The van der Waals surface area contributed by atoms with E-state index < -0.39 is 0 Å². The summed E-state index contributed by atoms with van der Waals surface area (Å²) >= 11 is 1.29. The fourth-order valence-corrected chi connectivity index (χ4v) is 4.22. The molecule has 1 aliphatic rings. The first-order valence-electron chi connectivity index (χ1n) is 10.5. The van der Waals surface area contributed by atoms with Crippen LogP contribution in [0.1, 0.15) is 39.7 Å². The molecule has 3 aromatic rings. The number of thiophene rings is 1. The normalized spacial score (nSPS) is 13.8. The first kappa shape index (κ1) is 21.9. The van der Waals surface area contributed by atoms with Crippen LogP contribution in [0.5, 0.6) is 11.5 Å². The Morgan fingerprint density at radius 2 is 1.56 bits per heavy atom. The summed E-state index contributed by atoms with van der Waals surface area (Å²) in [4.78, 5) is 25.6. The first-order chi connectivity index (χ1) is 15.6. The summed E-state index contributed by atoms with van der Waals surface area (Å²) in [5.74, 6) is 1.54. The van der Waals surface area contributed by atoms with Crippen LogP contribution in [0.2, 0.25) is 0 Å². The van der Waals surface area contributed by atoms with E-state index in [4.69, 9.17) is 9.47 Å². The van der Waals surface area contributed by atoms with Crippen LogP contribution in [0.25, 0.3) is 0 Å². The Hall–Kier alpha value is -3.32. The number of nitrogens with one attached hydrogen (secondary N) is 2. The number of rotatable bonds is 9. The van der Waals surface area contributed by atoms with E-state index >= 15 is 0 Å². The fourth-order valence-electron chi connectivity index (χ4n) is 3.41. The SMILES string of the molecule is COc1ccc(C[C@H](NC(=O)c2ccc(NC(=O)C3CC3)s2)c2ccc(OC)cc2)cc1. The molecule has 166 valence electrons. The molecule has 1 fully saturated rings. The Morgan fingerprint density at radius 1 is 0.938 bits per heavy atom. The van der Waals surface area contributed by atoms with Crippen molar-refractivity contribution in [3.05, 3.63) is 76.7 Å². The standard InChI is InChI=1S/C25H26N2O4S/c1-30-19-9-3-16(4-10-19)15-21(17-7-11-20(31-2)12-8-17)26-25(29)22-13-14-23(32-22)27-24(28)18-5-6-18/h3-4,7-14,18,21H,5-6,15H2,1-2H3,(H,26,29)(H,27,28)/t21-/m0/s1. The summed E-state index contributed by atoms with van der Waals surface area (Å²) in [6.45, 7) is 0. The molecule has 0 saturated heterocycles. The van der Waals surface area contributed by atoms with Gasteiger partial charge < -0.3 is 20.1 Å². The van der Waals surface area contributed by atoms with Crippen molar-refractivity contribution in [3.8, 4) is 11.5 Å². The number of anilines is 1. The molecular formula is C25H26N2O4S. The summed E-state index contributed by atoms with van der Waals surface area (Å²) in [7, 11) is 3.26. The zero-order chi connectivity index (χ0) is 22.5. The van der Waals surface area contributed by atoms with Crippen LogP contribution in [-0.2, 0) is 11.2 Å². The van der Waals surface area contributed by atoms with Gasteiger partial charge >= 0.3 is 0 Å². The van der Waals surface area contributed by atoms with Crippen molar-refractivity contribution in [1.29, 1.82) is 0 Å². The molecule has 2 amide bonds. The number of amides is 2. The number of ether oxygens (including phenoxy) is 2. The molecule has 1 saturated carbocycles. The molecule has 0 spiro atoms. The minimum atomic E-state index is -0.228. The Labute approximate surface area is 191 Å². The molecule has 0 unspecified atom stereocenters. The van der Waals surface area contributed by atoms with Gasteiger partial charge in [-0.2, -0.15) is 0 Å². The van der Waals surface area contributed by atoms with Crippen molar-refractivity contribution < 1.29 is 19.1 Å². The topological polar surface area (TPSA) is 76.7 Å². The van der Waals surface area contributed by atoms with E-state index in [1.165, 1.54) is 11.3 Å². The lowest BCUT2D eigenvalue weighted by Crippen LogP contribution is -2.29. The lowest BCUT2D eigenvalue weighted by atomic mass is 9.98. The molecule has 0 aliphatic heterocycles. The van der Waals surface area contributed by atoms with Gasteiger partial charge in [0.05, 0.1) is 30.1 Å². The molecule has 0 radical (unpaired) electrons. The lowest BCUT2D eigenvalue weighted by Gasteiger charge is -2.20. The van der Waals surface area contributed by atoms with Crippen LogP contribution >= 0.6 is 11.3 Å². The van der Waals surface area contributed by atoms with Gasteiger partial charge in [0.25, 0.3) is 5.91 Å². The van der Waals surface area contributed by atoms with E-state index in [2.05, 4.69) is 10.6 Å². The highest BCUT2D eigenvalue weighted by Crippen LogP contribution is 2.32. The predicted octanol–water partition coefficient (Wildman–Crippen LogP) is 4.83. The summed E-state index contributed by atoms with van der Waals surface area (Å²) in [6, 6.07) is 18.8. The number of methoxy groups -OCH3 is 2. The van der Waals surface area contributed by atoms with Crippen molar-refractivity contribution in [3.63, 3.8) is 0 Å². The maximum atomic E-state index is 13.0. The van der Waals surface area contributed by atoms with Crippen LogP contribution < -0.4 is 20.1 Å². The molecule has 0 bridgehead atoms. The fraction of sp³-hybridized carbons (Fsp3) is 0.280. The lowest BCUT2D eigenvalue weighted by molar-refractivity contribution is -0.117. The van der Waals surface area contributed by atoms with Gasteiger partial charge in [-0.25, -0.2) is 0 Å². The summed E-state index contributed by atoms with van der Waals surface area (Å²) in [6.07, 6.45) is 2.51. The highest BCUT2D eigenvalue weighted by molar-refractivity contribution is 7.18. The van der Waals surface area contributed by atoms with E-state index in [1.54, 1.807) is 26.4 Å². The molecule has 2 aromatic carbocycles. The zero-order valence-electron chi connectivity index (χ0n) is 18.1. The van der Waals surface area contributed by atoms with Crippen LogP contribution in [0, 0.1) is 5.92 Å². The number of carbonyl (C=O) groups excluding carboxylic acids is 2. The highest BCUT2D eigenvalue weighted by atomic mass is 32.1. The van der Waals surface area contributed by atoms with Crippen LogP contribution in [-0.4, -0.2) is 26.0 Å². The largest absolute Gasteiger partial charge is 0.497 e. The maximum absolute atomic E-state index is 13.0. The Morgan fingerprint density at radius 3 is 2.16 bits per heavy atom. The van der Waals surface area contributed by atoms with E-state index in [1.807, 2.05) is 48.5 Å². The summed E-state index contributed by atoms with van der Waals surface area (Å²) < 4.78 is 10.5. The second-order valence-corrected chi connectivity index (χ2v) is 8.86. The van der Waals surface area contributed by atoms with Crippen LogP contribution in [0.15, 0.2) is 60.7 Å². The Kier molecular flexibility index (Phi) is 6.75. The Balaban J connectivity index is 1.50. The smallest absolute Gasteiger partial charge is 0.261 e. The van der Waals surface area contributed by atoms with Crippen molar-refractivity contribution in [1.82, 2.24) is 5.32 Å². The third kappa shape index (κ3) is 5.48. The third-order valence-electron chi connectivity index (χ3n) is 5.45. The summed E-state index contributed by atoms with van der Waals surface area (Å²) in [5.41, 5.74) is 2.06. The molecule has 1 heterocycles. The number of hydrogen-bond donors (Lipinski definition) is 2. The van der Waals surface area contributed by atoms with Gasteiger partial charge in [0.1, 0.15) is 11.5 Å². The van der Waals surface area contributed by atoms with E-state index in [-0.39, 0.29) is 23.8 Å². The number of carbonyl (C=O) groups is 2. The van der Waals surface area contributed by atoms with E-state index in [9.17, 15) is 9.59 Å². The van der Waals surface area contributed by atoms with Crippen molar-refractivity contribution >= 4 is 28.2 Å². The third-order valence-corrected chi connectivity index (χ3v) is 6.45. The minimum absolute atomic E-state index is 0.0365. The molecule has 4 rings (SSSR count). The van der Waals surface area contributed by atoms with E-state index in [0.29, 0.717) is 16.3 Å². The average Bonchev–Trinajstić information content (AvgIpc) is 3.58. The molecule has 7 heteroatoms. The molecule has 2 N–H and O–H groups in total. The molecule has 1 atom stereocenters. The second kappa shape index (κ2) is 9.87. The van der Waals surface area contributed by atoms with Gasteiger partial charge in [-0.1, -0.05) is 24.3 Å². The van der Waals surface area contributed by atoms with Crippen molar-refractivity contribution in [2.24, 2.45) is 5.92 Å². The number of hydrogen-bond acceptors (Lipinski definition) is 5. The predicted molar refractivity (Wildman–Crippen MR) is 126 cm³/mol. The summed E-state index contributed by atoms with van der Waals surface area (Å²) in [5, 5.41) is 6.75. The molecule has 6 nitrogen and oxygen atoms in total. The van der Waals surface area contributed by atoms with Gasteiger partial charge in [0.2, 0.25) is 5.91 Å². The van der Waals surface area contributed by atoms with Gasteiger partial charge in [-0.15, -0.1) is 11.3 Å². The molecular weight excluding hydrogens is 424 g/mol. The van der Waals surface area contributed by atoms with Crippen molar-refractivity contribution in [2.45, 2.75) is 25.3 Å². The molecule has 1 aliphatic carbocycles. The highest BCUT2D eigenvalue weighted by Gasteiger charge is 2.30. The van der Waals surface area contributed by atoms with Crippen LogP contribution in [0.4, 0.5) is 5.00 Å². The second-order valence-electron chi connectivity index (χ2n) is 7.78. The Bertz CT molecular complexity index is 1070. The van der Waals surface area contributed by atoms with Gasteiger partial charge in [-0.3, -0.25) is 9.59 Å². The maximum Gasteiger partial charge on any atom is 0.261 e. The van der Waals surface area contributed by atoms with Gasteiger partial charge in [0, 0.05) is 5.92 Å². The molecule has 32 heavy (non-hydrogen) atoms. The zero-order valence-corrected chi connectivity index (χ0v) is 18.9. The van der Waals surface area contributed by atoms with Gasteiger partial charge in [0.15, 0.2) is 0 Å². The van der Waals surface area contributed by atoms with Crippen molar-refractivity contribution in [2.75, 3.05) is 19.5 Å². The monoisotopic (exact) mass is 450 g/mol. The van der Waals surface area contributed by atoms with E-state index in [0.717, 1.165) is 35.5 Å². The number of benzene rings is 2.